The second-order valence-corrected chi connectivity index (χ2v) is 6.00. The van der Waals surface area contributed by atoms with Crippen molar-refractivity contribution in [1.29, 1.82) is 0 Å². The van der Waals surface area contributed by atoms with Crippen molar-refractivity contribution in [3.8, 4) is 0 Å². The summed E-state index contributed by atoms with van der Waals surface area (Å²) < 4.78 is 0. The van der Waals surface area contributed by atoms with E-state index in [9.17, 15) is 9.59 Å². The number of hydrogen-bond donors (Lipinski definition) is 1. The number of carbonyl (C=O) groups is 2. The summed E-state index contributed by atoms with van der Waals surface area (Å²) in [5.41, 5.74) is 6.23. The van der Waals surface area contributed by atoms with Gasteiger partial charge in [-0.1, -0.05) is 32.3 Å². The van der Waals surface area contributed by atoms with E-state index in [1.54, 1.807) is 24.3 Å². The molecular formula is C17H24N2O2. The Bertz CT molecular complexity index is 513. The Kier molecular flexibility index (Phi) is 5.37. The van der Waals surface area contributed by atoms with Gasteiger partial charge in [-0.2, -0.15) is 0 Å². The van der Waals surface area contributed by atoms with Crippen LogP contribution < -0.4 is 5.73 Å². The number of benzene rings is 1. The van der Waals surface area contributed by atoms with E-state index in [1.807, 2.05) is 4.90 Å². The first-order valence-electron chi connectivity index (χ1n) is 7.77. The van der Waals surface area contributed by atoms with Crippen LogP contribution in [0.25, 0.3) is 0 Å². The minimum atomic E-state index is -0.498. The predicted octanol–water partition coefficient (Wildman–Crippen LogP) is 2.83. The summed E-state index contributed by atoms with van der Waals surface area (Å²) in [4.78, 5) is 25.8. The van der Waals surface area contributed by atoms with Crippen LogP contribution in [0.1, 0.15) is 59.7 Å². The molecule has 1 atom stereocenters. The highest BCUT2D eigenvalue weighted by atomic mass is 16.2. The Morgan fingerprint density at radius 1 is 1.14 bits per heavy atom. The van der Waals surface area contributed by atoms with Crippen molar-refractivity contribution < 1.29 is 9.59 Å². The number of hydrogen-bond acceptors (Lipinski definition) is 2. The average Bonchev–Trinajstić information content (AvgIpc) is 2.58. The van der Waals surface area contributed by atoms with Crippen LogP contribution in [0.3, 0.4) is 0 Å². The molecule has 2 rings (SSSR count). The van der Waals surface area contributed by atoms with Crippen molar-refractivity contribution in [3.05, 3.63) is 35.4 Å². The molecule has 4 nitrogen and oxygen atoms in total. The van der Waals surface area contributed by atoms with Crippen LogP contribution in [0.4, 0.5) is 0 Å². The maximum absolute atomic E-state index is 12.7. The molecule has 0 aliphatic carbocycles. The van der Waals surface area contributed by atoms with Gasteiger partial charge in [-0.15, -0.1) is 0 Å². The molecule has 1 aliphatic rings. The van der Waals surface area contributed by atoms with E-state index in [-0.39, 0.29) is 5.91 Å². The lowest BCUT2D eigenvalue weighted by Gasteiger charge is -2.25. The van der Waals surface area contributed by atoms with Crippen LogP contribution in [0.15, 0.2) is 24.3 Å². The predicted molar refractivity (Wildman–Crippen MR) is 83.1 cm³/mol. The zero-order valence-corrected chi connectivity index (χ0v) is 12.7. The van der Waals surface area contributed by atoms with Crippen molar-refractivity contribution in [2.24, 2.45) is 11.7 Å². The van der Waals surface area contributed by atoms with Gasteiger partial charge in [0.05, 0.1) is 0 Å². The fourth-order valence-electron chi connectivity index (χ4n) is 2.88. The van der Waals surface area contributed by atoms with Crippen molar-refractivity contribution in [3.63, 3.8) is 0 Å². The minimum Gasteiger partial charge on any atom is -0.366 e. The van der Waals surface area contributed by atoms with Gasteiger partial charge in [-0.05, 0) is 37.0 Å². The Morgan fingerprint density at radius 2 is 1.86 bits per heavy atom. The summed E-state index contributed by atoms with van der Waals surface area (Å²) in [6.07, 6.45) is 5.90. The van der Waals surface area contributed by atoms with Crippen LogP contribution in [-0.4, -0.2) is 29.8 Å². The highest BCUT2D eigenvalue weighted by Crippen LogP contribution is 2.18. The highest BCUT2D eigenvalue weighted by Gasteiger charge is 2.19. The topological polar surface area (TPSA) is 63.4 Å². The molecule has 1 aliphatic heterocycles. The fourth-order valence-corrected chi connectivity index (χ4v) is 2.88. The van der Waals surface area contributed by atoms with E-state index in [0.717, 1.165) is 19.5 Å². The van der Waals surface area contributed by atoms with Crippen LogP contribution in [0, 0.1) is 5.92 Å². The normalized spacial score (nSPS) is 20.2. The van der Waals surface area contributed by atoms with Crippen LogP contribution in [0.2, 0.25) is 0 Å². The lowest BCUT2D eigenvalue weighted by atomic mass is 10.0. The summed E-state index contributed by atoms with van der Waals surface area (Å²) >= 11 is 0. The molecule has 1 heterocycles. The lowest BCUT2D eigenvalue weighted by molar-refractivity contribution is 0.0731. The summed E-state index contributed by atoms with van der Waals surface area (Å²) in [5.74, 6) is 0.0284. The van der Waals surface area contributed by atoms with Gasteiger partial charge in [-0.25, -0.2) is 0 Å². The second kappa shape index (κ2) is 7.25. The molecular weight excluding hydrogens is 264 g/mol. The van der Waals surface area contributed by atoms with Crippen LogP contribution in [-0.2, 0) is 0 Å². The largest absolute Gasteiger partial charge is 0.366 e. The second-order valence-electron chi connectivity index (χ2n) is 6.00. The molecule has 0 radical (unpaired) electrons. The molecule has 4 heteroatoms. The monoisotopic (exact) mass is 288 g/mol. The molecule has 1 aromatic carbocycles. The molecule has 1 unspecified atom stereocenters. The molecule has 0 spiro atoms. The lowest BCUT2D eigenvalue weighted by Crippen LogP contribution is -2.35. The number of primary amides is 1. The van der Waals surface area contributed by atoms with Gasteiger partial charge in [0, 0.05) is 24.2 Å². The van der Waals surface area contributed by atoms with Crippen molar-refractivity contribution >= 4 is 11.8 Å². The Balaban J connectivity index is 2.15. The van der Waals surface area contributed by atoms with Gasteiger partial charge in [0.1, 0.15) is 0 Å². The van der Waals surface area contributed by atoms with Gasteiger partial charge in [0.25, 0.3) is 5.91 Å². The summed E-state index contributed by atoms with van der Waals surface area (Å²) in [5, 5.41) is 0. The third-order valence-electron chi connectivity index (χ3n) is 4.09. The maximum Gasteiger partial charge on any atom is 0.253 e. The quantitative estimate of drug-likeness (QED) is 0.909. The first-order chi connectivity index (χ1) is 10.1. The Morgan fingerprint density at radius 3 is 2.62 bits per heavy atom. The number of amides is 2. The van der Waals surface area contributed by atoms with E-state index in [2.05, 4.69) is 6.92 Å². The Labute approximate surface area is 126 Å². The maximum atomic E-state index is 12.7. The van der Waals surface area contributed by atoms with E-state index < -0.39 is 5.91 Å². The molecule has 0 aromatic heterocycles. The van der Waals surface area contributed by atoms with Crippen LogP contribution in [0.5, 0.6) is 0 Å². The molecule has 1 fully saturated rings. The SMILES string of the molecule is CC1CCCCCCN(C(=O)c2cccc(C(N)=O)c2)C1. The van der Waals surface area contributed by atoms with Crippen molar-refractivity contribution in [2.75, 3.05) is 13.1 Å². The molecule has 2 N–H and O–H groups in total. The summed E-state index contributed by atoms with van der Waals surface area (Å²) in [6.45, 7) is 3.79. The van der Waals surface area contributed by atoms with Gasteiger partial charge in [0.2, 0.25) is 5.91 Å². The first kappa shape index (κ1) is 15.5. The first-order valence-corrected chi connectivity index (χ1v) is 7.77. The van der Waals surface area contributed by atoms with Crippen molar-refractivity contribution in [2.45, 2.75) is 39.0 Å². The van der Waals surface area contributed by atoms with Gasteiger partial charge >= 0.3 is 0 Å². The van der Waals surface area contributed by atoms with Crippen molar-refractivity contribution in [1.82, 2.24) is 4.90 Å². The average molecular weight is 288 g/mol. The minimum absolute atomic E-state index is 0.00634. The van der Waals surface area contributed by atoms with Gasteiger partial charge < -0.3 is 10.6 Å². The zero-order valence-electron chi connectivity index (χ0n) is 12.7. The molecule has 21 heavy (non-hydrogen) atoms. The molecule has 1 aromatic rings. The molecule has 114 valence electrons. The fraction of sp³-hybridized carbons (Fsp3) is 0.529. The van der Waals surface area contributed by atoms with Crippen LogP contribution >= 0.6 is 0 Å². The standard InChI is InChI=1S/C17H24N2O2/c1-13-7-4-2-3-5-10-19(12-13)17(21)15-9-6-8-14(11-15)16(18)20/h6,8-9,11,13H,2-5,7,10,12H2,1H3,(H2,18,20). The molecule has 0 saturated carbocycles. The number of rotatable bonds is 2. The smallest absolute Gasteiger partial charge is 0.253 e. The molecule has 2 amide bonds. The third-order valence-corrected chi connectivity index (χ3v) is 4.09. The van der Waals surface area contributed by atoms with E-state index in [1.165, 1.54) is 25.7 Å². The zero-order chi connectivity index (χ0) is 15.2. The molecule has 0 bridgehead atoms. The molecule has 1 saturated heterocycles. The van der Waals surface area contributed by atoms with E-state index >= 15 is 0 Å². The number of nitrogens with two attached hydrogens (primary N) is 1. The van der Waals surface area contributed by atoms with E-state index in [4.69, 9.17) is 5.73 Å². The van der Waals surface area contributed by atoms with Gasteiger partial charge in [0.15, 0.2) is 0 Å². The van der Waals surface area contributed by atoms with E-state index in [0.29, 0.717) is 17.0 Å². The number of nitrogens with zero attached hydrogens (tertiary/aromatic N) is 1. The van der Waals surface area contributed by atoms with Gasteiger partial charge in [-0.3, -0.25) is 9.59 Å². The third kappa shape index (κ3) is 4.31. The highest BCUT2D eigenvalue weighted by molar-refractivity contribution is 5.99. The summed E-state index contributed by atoms with van der Waals surface area (Å²) in [6, 6.07) is 6.71. The number of carbonyl (C=O) groups excluding carboxylic acids is 2. The summed E-state index contributed by atoms with van der Waals surface area (Å²) in [7, 11) is 0. The Hall–Kier alpha value is -1.84.